The maximum Gasteiger partial charge on any atom is 0.0468 e. The molecule has 0 saturated heterocycles. The lowest BCUT2D eigenvalue weighted by Gasteiger charge is -2.28. The van der Waals surface area contributed by atoms with Crippen molar-refractivity contribution in [2.45, 2.75) is 46.0 Å². The smallest absolute Gasteiger partial charge is 0.0468 e. The van der Waals surface area contributed by atoms with Crippen LogP contribution < -0.4 is 11.1 Å². The summed E-state index contributed by atoms with van der Waals surface area (Å²) in [6.07, 6.45) is 5.05. The van der Waals surface area contributed by atoms with Gasteiger partial charge in [-0.3, -0.25) is 0 Å². The van der Waals surface area contributed by atoms with Gasteiger partial charge in [0.1, 0.15) is 0 Å². The number of nitrogens with two attached hydrogens (primary N) is 1. The summed E-state index contributed by atoms with van der Waals surface area (Å²) in [5.41, 5.74) is 9.26. The largest absolute Gasteiger partial charge is 0.396 e. The normalized spacial score (nSPS) is 16.5. The van der Waals surface area contributed by atoms with Crippen LogP contribution >= 0.6 is 11.6 Å². The summed E-state index contributed by atoms with van der Waals surface area (Å²) in [5.74, 6) is 0.643. The zero-order valence-electron chi connectivity index (χ0n) is 14.9. The van der Waals surface area contributed by atoms with E-state index in [1.807, 2.05) is 38.1 Å². The van der Waals surface area contributed by atoms with Crippen LogP contribution in [0, 0.1) is 11.3 Å². The van der Waals surface area contributed by atoms with Crippen LogP contribution in [0.1, 0.15) is 46.0 Å². The van der Waals surface area contributed by atoms with Crippen molar-refractivity contribution in [1.82, 2.24) is 0 Å². The first-order chi connectivity index (χ1) is 11.7. The van der Waals surface area contributed by atoms with Crippen LogP contribution in [0.4, 0.5) is 5.69 Å². The molecular weight excluding hydrogens is 322 g/mol. The van der Waals surface area contributed by atoms with E-state index in [2.05, 4.69) is 12.0 Å². The van der Waals surface area contributed by atoms with Crippen molar-refractivity contribution in [3.05, 3.63) is 40.6 Å². The highest BCUT2D eigenvalue weighted by molar-refractivity contribution is 6.30. The first-order valence-corrected chi connectivity index (χ1v) is 9.00. The van der Waals surface area contributed by atoms with Gasteiger partial charge in [-0.2, -0.15) is 0 Å². The van der Waals surface area contributed by atoms with Gasteiger partial charge in [0.25, 0.3) is 0 Å². The Balaban J connectivity index is 0.00000123. The number of rotatable bonds is 6. The van der Waals surface area contributed by atoms with Gasteiger partial charge in [0.05, 0.1) is 0 Å². The second-order valence-electron chi connectivity index (χ2n) is 5.38. The van der Waals surface area contributed by atoms with E-state index in [4.69, 9.17) is 22.7 Å². The molecule has 5 N–H and O–H groups in total. The predicted molar refractivity (Wildman–Crippen MR) is 106 cm³/mol. The Morgan fingerprint density at radius 3 is 2.67 bits per heavy atom. The maximum atomic E-state index is 9.21. The molecule has 0 heterocycles. The zero-order chi connectivity index (χ0) is 18.4. The van der Waals surface area contributed by atoms with Gasteiger partial charge in [-0.05, 0) is 75.1 Å². The van der Waals surface area contributed by atoms with Crippen LogP contribution in [-0.2, 0) is 0 Å². The minimum atomic E-state index is 0.206. The maximum absolute atomic E-state index is 9.21. The van der Waals surface area contributed by atoms with E-state index in [-0.39, 0.29) is 6.61 Å². The number of benzene rings is 1. The average Bonchev–Trinajstić information content (AvgIpc) is 2.61. The molecule has 24 heavy (non-hydrogen) atoms. The van der Waals surface area contributed by atoms with Crippen molar-refractivity contribution in [3.63, 3.8) is 0 Å². The van der Waals surface area contributed by atoms with Gasteiger partial charge in [0.15, 0.2) is 0 Å². The van der Waals surface area contributed by atoms with E-state index in [0.717, 1.165) is 42.9 Å². The third-order valence-electron chi connectivity index (χ3n) is 3.88. The fourth-order valence-corrected chi connectivity index (χ4v) is 3.03. The second-order valence-corrected chi connectivity index (χ2v) is 5.81. The van der Waals surface area contributed by atoms with Crippen molar-refractivity contribution in [3.8, 4) is 0 Å². The van der Waals surface area contributed by atoms with E-state index in [9.17, 15) is 5.11 Å². The Labute approximate surface area is 151 Å². The summed E-state index contributed by atoms with van der Waals surface area (Å²) in [6.45, 7) is 7.45. The van der Waals surface area contributed by atoms with Crippen molar-refractivity contribution in [2.75, 3.05) is 18.5 Å². The quantitative estimate of drug-likeness (QED) is 0.553. The molecule has 0 aliphatic heterocycles. The molecule has 0 fully saturated rings. The Kier molecular flexibility index (Phi) is 13.2. The summed E-state index contributed by atoms with van der Waals surface area (Å²) >= 11 is 6.03. The number of nitrogens with one attached hydrogen (secondary N) is 2. The van der Waals surface area contributed by atoms with Gasteiger partial charge in [-0.25, -0.2) is 0 Å². The van der Waals surface area contributed by atoms with Crippen LogP contribution in [0.15, 0.2) is 35.5 Å². The van der Waals surface area contributed by atoms with Crippen LogP contribution in [0.5, 0.6) is 0 Å². The molecule has 0 aromatic heterocycles. The van der Waals surface area contributed by atoms with Gasteiger partial charge in [0, 0.05) is 23.0 Å². The molecule has 1 unspecified atom stereocenters. The fraction of sp³-hybridized carbons (Fsp3) is 0.526. The Morgan fingerprint density at radius 1 is 1.38 bits per heavy atom. The molecular formula is C19H32ClN3O. The highest BCUT2D eigenvalue weighted by Crippen LogP contribution is 2.33. The summed E-state index contributed by atoms with van der Waals surface area (Å²) in [7, 11) is 0. The van der Waals surface area contributed by atoms with Gasteiger partial charge < -0.3 is 21.6 Å². The van der Waals surface area contributed by atoms with E-state index in [0.29, 0.717) is 5.92 Å². The number of allylic oxidation sites excluding steroid dienone is 1. The SMILES string of the molecule is C=N.CC.NCCC1CCC(CCO)=C(Nc2cccc(Cl)c2)C1. The van der Waals surface area contributed by atoms with Crippen molar-refractivity contribution in [1.29, 1.82) is 5.41 Å². The van der Waals surface area contributed by atoms with Gasteiger partial charge >= 0.3 is 0 Å². The van der Waals surface area contributed by atoms with E-state index in [1.54, 1.807) is 0 Å². The number of aliphatic hydroxyl groups is 1. The molecule has 1 aliphatic rings. The fourth-order valence-electron chi connectivity index (χ4n) is 2.84. The first-order valence-electron chi connectivity index (χ1n) is 8.62. The van der Waals surface area contributed by atoms with Gasteiger partial charge in [-0.15, -0.1) is 0 Å². The molecule has 1 aliphatic carbocycles. The Hall–Kier alpha value is -1.36. The minimum absolute atomic E-state index is 0.206. The van der Waals surface area contributed by atoms with Crippen molar-refractivity contribution in [2.24, 2.45) is 11.7 Å². The second kappa shape index (κ2) is 14.0. The third kappa shape index (κ3) is 7.95. The number of anilines is 1. The standard InChI is InChI=1S/C16H23ClN2O.C2H6.CH3N/c17-14-2-1-3-15(11-14)19-16-10-12(6-8-18)4-5-13(16)7-9-20;2*1-2/h1-3,11-12,19-20H,4-10,18H2;1-2H3;2H,1H2. The summed E-state index contributed by atoms with van der Waals surface area (Å²) in [4.78, 5) is 0. The van der Waals surface area contributed by atoms with Crippen molar-refractivity contribution < 1.29 is 5.11 Å². The van der Waals surface area contributed by atoms with Crippen LogP contribution in [-0.4, -0.2) is 25.0 Å². The number of hydrogen-bond acceptors (Lipinski definition) is 4. The van der Waals surface area contributed by atoms with Crippen molar-refractivity contribution >= 4 is 24.0 Å². The molecule has 5 heteroatoms. The highest BCUT2D eigenvalue weighted by Gasteiger charge is 2.20. The monoisotopic (exact) mass is 353 g/mol. The number of aliphatic hydroxyl groups excluding tert-OH is 1. The topological polar surface area (TPSA) is 82.1 Å². The van der Waals surface area contributed by atoms with Crippen LogP contribution in [0.25, 0.3) is 0 Å². The molecule has 1 atom stereocenters. The Bertz CT molecular complexity index is 491. The van der Waals surface area contributed by atoms with E-state index < -0.39 is 0 Å². The summed E-state index contributed by atoms with van der Waals surface area (Å²) < 4.78 is 0. The first kappa shape index (κ1) is 22.6. The van der Waals surface area contributed by atoms with E-state index >= 15 is 0 Å². The molecule has 136 valence electrons. The molecule has 2 rings (SSSR count). The molecule has 1 aromatic carbocycles. The predicted octanol–water partition coefficient (Wildman–Crippen LogP) is 4.83. The van der Waals surface area contributed by atoms with Gasteiger partial charge in [0.2, 0.25) is 0 Å². The zero-order valence-corrected chi connectivity index (χ0v) is 15.7. The Morgan fingerprint density at radius 2 is 2.08 bits per heavy atom. The third-order valence-corrected chi connectivity index (χ3v) is 4.12. The minimum Gasteiger partial charge on any atom is -0.396 e. The molecule has 0 bridgehead atoms. The van der Waals surface area contributed by atoms with E-state index in [1.165, 1.54) is 17.7 Å². The molecule has 0 spiro atoms. The molecule has 1 aromatic rings. The highest BCUT2D eigenvalue weighted by atomic mass is 35.5. The lowest BCUT2D eigenvalue weighted by atomic mass is 9.84. The lowest BCUT2D eigenvalue weighted by molar-refractivity contribution is 0.293. The van der Waals surface area contributed by atoms with Crippen LogP contribution in [0.3, 0.4) is 0 Å². The van der Waals surface area contributed by atoms with Gasteiger partial charge in [-0.1, -0.05) is 31.5 Å². The number of hydrogen-bond donors (Lipinski definition) is 4. The summed E-state index contributed by atoms with van der Waals surface area (Å²) in [5, 5.41) is 18.9. The lowest BCUT2D eigenvalue weighted by Crippen LogP contribution is -2.19. The molecule has 0 radical (unpaired) electrons. The average molecular weight is 354 g/mol. The molecule has 4 nitrogen and oxygen atoms in total. The molecule has 0 saturated carbocycles. The number of halogens is 1. The molecule has 0 amide bonds. The summed E-state index contributed by atoms with van der Waals surface area (Å²) in [6, 6.07) is 7.75. The van der Waals surface area contributed by atoms with Crippen LogP contribution in [0.2, 0.25) is 5.02 Å².